The molecule has 1 aromatic heterocycles. The van der Waals surface area contributed by atoms with Gasteiger partial charge in [-0.05, 0) is 20.0 Å². The number of benzene rings is 1. The molecule has 1 aromatic carbocycles. The number of hydrogen-bond acceptors (Lipinski definition) is 5. The van der Waals surface area contributed by atoms with E-state index in [9.17, 15) is 0 Å². The molecule has 0 saturated carbocycles. The van der Waals surface area contributed by atoms with Crippen molar-refractivity contribution in [3.63, 3.8) is 0 Å². The van der Waals surface area contributed by atoms with Gasteiger partial charge in [0.25, 0.3) is 5.89 Å². The normalized spacial score (nSPS) is 10.7. The summed E-state index contributed by atoms with van der Waals surface area (Å²) in [6.45, 7) is 5.11. The van der Waals surface area contributed by atoms with Crippen LogP contribution in [0.4, 0.5) is 0 Å². The van der Waals surface area contributed by atoms with Gasteiger partial charge >= 0.3 is 0 Å². The molecule has 0 amide bonds. The Hall–Kier alpha value is -1.88. The predicted octanol–water partition coefficient (Wildman–Crippen LogP) is 2.24. The second-order valence-electron chi connectivity index (χ2n) is 4.39. The van der Waals surface area contributed by atoms with Crippen molar-refractivity contribution < 1.29 is 9.26 Å². The smallest absolute Gasteiger partial charge is 0.264 e. The maximum atomic E-state index is 5.75. The quantitative estimate of drug-likeness (QED) is 0.864. The van der Waals surface area contributed by atoms with E-state index in [0.717, 1.165) is 24.3 Å². The molecule has 5 heteroatoms. The summed E-state index contributed by atoms with van der Waals surface area (Å²) in [5, 5.41) is 6.97. The third-order valence-electron chi connectivity index (χ3n) is 2.76. The first-order valence-corrected chi connectivity index (χ1v) is 6.41. The zero-order valence-electron chi connectivity index (χ0n) is 11.6. The van der Waals surface area contributed by atoms with E-state index in [1.165, 1.54) is 5.56 Å². The fraction of sp³-hybridized carbons (Fsp3) is 0.429. The first-order valence-electron chi connectivity index (χ1n) is 6.41. The summed E-state index contributed by atoms with van der Waals surface area (Å²) >= 11 is 0. The van der Waals surface area contributed by atoms with E-state index in [-0.39, 0.29) is 0 Å². The van der Waals surface area contributed by atoms with Crippen molar-refractivity contribution in [2.45, 2.75) is 33.4 Å². The van der Waals surface area contributed by atoms with Crippen LogP contribution in [0.25, 0.3) is 0 Å². The second-order valence-corrected chi connectivity index (χ2v) is 4.39. The van der Waals surface area contributed by atoms with Gasteiger partial charge in [-0.1, -0.05) is 29.8 Å². The molecule has 19 heavy (non-hydrogen) atoms. The van der Waals surface area contributed by atoms with Crippen molar-refractivity contribution >= 4 is 0 Å². The molecule has 0 saturated heterocycles. The van der Waals surface area contributed by atoms with Crippen molar-refractivity contribution in [1.82, 2.24) is 15.5 Å². The van der Waals surface area contributed by atoms with Gasteiger partial charge in [0.1, 0.15) is 5.75 Å². The molecule has 0 fully saturated rings. The van der Waals surface area contributed by atoms with Crippen LogP contribution in [0.5, 0.6) is 5.75 Å². The standard InChI is InChI=1S/C14H19N3O2/c1-4-13-16-14(19-17-13)9-18-12-6-5-10(2)7-11(12)8-15-3/h5-7,15H,4,8-9H2,1-3H3. The topological polar surface area (TPSA) is 60.2 Å². The molecule has 0 aliphatic carbocycles. The van der Waals surface area contributed by atoms with Crippen molar-refractivity contribution in [2.75, 3.05) is 7.05 Å². The van der Waals surface area contributed by atoms with Crippen LogP contribution in [-0.2, 0) is 19.6 Å². The fourth-order valence-corrected chi connectivity index (χ4v) is 1.81. The van der Waals surface area contributed by atoms with Gasteiger partial charge in [-0.15, -0.1) is 0 Å². The van der Waals surface area contributed by atoms with Crippen LogP contribution in [-0.4, -0.2) is 17.2 Å². The minimum atomic E-state index is 0.298. The van der Waals surface area contributed by atoms with Gasteiger partial charge in [0, 0.05) is 18.5 Å². The summed E-state index contributed by atoms with van der Waals surface area (Å²) in [4.78, 5) is 4.22. The van der Waals surface area contributed by atoms with E-state index in [2.05, 4.69) is 28.4 Å². The lowest BCUT2D eigenvalue weighted by molar-refractivity contribution is 0.240. The van der Waals surface area contributed by atoms with Crippen LogP contribution in [0, 0.1) is 6.92 Å². The molecule has 0 bridgehead atoms. The fourth-order valence-electron chi connectivity index (χ4n) is 1.81. The lowest BCUT2D eigenvalue weighted by atomic mass is 10.1. The van der Waals surface area contributed by atoms with Gasteiger partial charge in [0.2, 0.25) is 0 Å². The highest BCUT2D eigenvalue weighted by Gasteiger charge is 2.08. The van der Waals surface area contributed by atoms with Crippen molar-refractivity contribution in [1.29, 1.82) is 0 Å². The number of rotatable bonds is 6. The maximum Gasteiger partial charge on any atom is 0.264 e. The molecule has 1 N–H and O–H groups in total. The lowest BCUT2D eigenvalue weighted by Gasteiger charge is -2.10. The monoisotopic (exact) mass is 261 g/mol. The van der Waals surface area contributed by atoms with E-state index >= 15 is 0 Å². The van der Waals surface area contributed by atoms with Gasteiger partial charge in [-0.25, -0.2) is 0 Å². The SMILES string of the molecule is CCc1noc(COc2ccc(C)cc2CNC)n1. The number of nitrogens with one attached hydrogen (secondary N) is 1. The van der Waals surface area contributed by atoms with Crippen molar-refractivity contribution in [3.05, 3.63) is 41.0 Å². The Morgan fingerprint density at radius 3 is 2.89 bits per heavy atom. The van der Waals surface area contributed by atoms with E-state index in [4.69, 9.17) is 9.26 Å². The third-order valence-corrected chi connectivity index (χ3v) is 2.76. The number of aromatic nitrogens is 2. The highest BCUT2D eigenvalue weighted by Crippen LogP contribution is 2.21. The molecule has 2 aromatic rings. The van der Waals surface area contributed by atoms with Gasteiger partial charge in [-0.2, -0.15) is 4.98 Å². The molecule has 0 aliphatic rings. The molecule has 0 aliphatic heterocycles. The van der Waals surface area contributed by atoms with Gasteiger partial charge in [-0.3, -0.25) is 0 Å². The summed E-state index contributed by atoms with van der Waals surface area (Å²) in [6.07, 6.45) is 0.763. The van der Waals surface area contributed by atoms with Gasteiger partial charge in [0.05, 0.1) is 0 Å². The first-order chi connectivity index (χ1) is 9.22. The molecule has 5 nitrogen and oxygen atoms in total. The van der Waals surface area contributed by atoms with Crippen LogP contribution in [0.15, 0.2) is 22.7 Å². The summed E-state index contributed by atoms with van der Waals surface area (Å²) in [7, 11) is 1.91. The van der Waals surface area contributed by atoms with Crippen LogP contribution in [0.3, 0.4) is 0 Å². The van der Waals surface area contributed by atoms with Gasteiger partial charge < -0.3 is 14.6 Å². The molecule has 102 valence electrons. The highest BCUT2D eigenvalue weighted by atomic mass is 16.5. The Balaban J connectivity index is 2.05. The Morgan fingerprint density at radius 1 is 1.37 bits per heavy atom. The van der Waals surface area contributed by atoms with Crippen molar-refractivity contribution in [3.8, 4) is 5.75 Å². The Labute approximate surface area is 113 Å². The number of nitrogens with zero attached hydrogens (tertiary/aromatic N) is 2. The zero-order valence-corrected chi connectivity index (χ0v) is 11.6. The minimum absolute atomic E-state index is 0.298. The highest BCUT2D eigenvalue weighted by molar-refractivity contribution is 5.36. The Bertz CT molecular complexity index is 537. The van der Waals surface area contributed by atoms with Crippen LogP contribution >= 0.6 is 0 Å². The summed E-state index contributed by atoms with van der Waals surface area (Å²) in [5.74, 6) is 2.06. The largest absolute Gasteiger partial charge is 0.483 e. The Kier molecular flexibility index (Phi) is 4.52. The number of aryl methyl sites for hydroxylation is 2. The molecule has 0 radical (unpaired) electrons. The molecular formula is C14H19N3O2. The number of ether oxygens (including phenoxy) is 1. The molecule has 1 heterocycles. The maximum absolute atomic E-state index is 5.75. The van der Waals surface area contributed by atoms with Crippen LogP contribution in [0.1, 0.15) is 29.8 Å². The number of hydrogen-bond donors (Lipinski definition) is 1. The zero-order chi connectivity index (χ0) is 13.7. The van der Waals surface area contributed by atoms with Crippen molar-refractivity contribution in [2.24, 2.45) is 0 Å². The van der Waals surface area contributed by atoms with E-state index < -0.39 is 0 Å². The summed E-state index contributed by atoms with van der Waals surface area (Å²) < 4.78 is 10.9. The average molecular weight is 261 g/mol. The van der Waals surface area contributed by atoms with Crippen LogP contribution in [0.2, 0.25) is 0 Å². The van der Waals surface area contributed by atoms with E-state index in [0.29, 0.717) is 18.3 Å². The van der Waals surface area contributed by atoms with E-state index in [1.807, 2.05) is 26.1 Å². The second kappa shape index (κ2) is 6.33. The predicted molar refractivity (Wildman–Crippen MR) is 72.0 cm³/mol. The minimum Gasteiger partial charge on any atom is -0.483 e. The lowest BCUT2D eigenvalue weighted by Crippen LogP contribution is -2.08. The summed E-state index contributed by atoms with van der Waals surface area (Å²) in [6, 6.07) is 6.11. The first kappa shape index (κ1) is 13.5. The average Bonchev–Trinajstić information content (AvgIpc) is 2.86. The molecule has 2 rings (SSSR count). The molecule has 0 unspecified atom stereocenters. The molecule has 0 spiro atoms. The van der Waals surface area contributed by atoms with E-state index in [1.54, 1.807) is 0 Å². The van der Waals surface area contributed by atoms with Gasteiger partial charge in [0.15, 0.2) is 12.4 Å². The Morgan fingerprint density at radius 2 is 2.21 bits per heavy atom. The van der Waals surface area contributed by atoms with Crippen LogP contribution < -0.4 is 10.1 Å². The summed E-state index contributed by atoms with van der Waals surface area (Å²) in [5.41, 5.74) is 2.33. The molecule has 0 atom stereocenters. The molecular weight excluding hydrogens is 242 g/mol. The third kappa shape index (κ3) is 3.54.